The van der Waals surface area contributed by atoms with E-state index in [1.165, 1.54) is 11.1 Å². The molecule has 0 radical (unpaired) electrons. The minimum Gasteiger partial charge on any atom is -0.484 e. The van der Waals surface area contributed by atoms with Gasteiger partial charge in [0, 0.05) is 25.2 Å². The van der Waals surface area contributed by atoms with Gasteiger partial charge in [0.25, 0.3) is 5.91 Å². The van der Waals surface area contributed by atoms with E-state index in [9.17, 15) is 4.79 Å². The van der Waals surface area contributed by atoms with Gasteiger partial charge in [-0.15, -0.1) is 0 Å². The van der Waals surface area contributed by atoms with E-state index < -0.39 is 0 Å². The molecular formula is C21H25NO3. The molecule has 4 nitrogen and oxygen atoms in total. The number of aryl methyl sites for hydroxylation is 1. The minimum atomic E-state index is -0.0950. The summed E-state index contributed by atoms with van der Waals surface area (Å²) in [4.78, 5) is 12.2. The van der Waals surface area contributed by atoms with Crippen LogP contribution in [0.3, 0.4) is 0 Å². The third kappa shape index (κ3) is 4.60. The lowest BCUT2D eigenvalue weighted by molar-refractivity contribution is -0.123. The van der Waals surface area contributed by atoms with Crippen LogP contribution in [-0.2, 0) is 14.9 Å². The van der Waals surface area contributed by atoms with E-state index >= 15 is 0 Å². The number of amides is 1. The van der Waals surface area contributed by atoms with Crippen LogP contribution in [0.4, 0.5) is 0 Å². The number of carbonyl (C=O) groups excluding carboxylic acids is 1. The Hall–Kier alpha value is -2.33. The zero-order chi connectivity index (χ0) is 17.5. The van der Waals surface area contributed by atoms with Gasteiger partial charge in [0.05, 0.1) is 0 Å². The Kier molecular flexibility index (Phi) is 5.71. The molecule has 0 spiro atoms. The molecule has 2 aromatic rings. The van der Waals surface area contributed by atoms with Crippen LogP contribution in [0.5, 0.6) is 5.75 Å². The average Bonchev–Trinajstić information content (AvgIpc) is 2.67. The number of benzene rings is 2. The molecule has 25 heavy (non-hydrogen) atoms. The fourth-order valence-electron chi connectivity index (χ4n) is 3.22. The second-order valence-electron chi connectivity index (χ2n) is 6.64. The molecule has 4 heteroatoms. The first-order chi connectivity index (χ1) is 12.2. The van der Waals surface area contributed by atoms with Gasteiger partial charge in [-0.3, -0.25) is 4.79 Å². The lowest BCUT2D eigenvalue weighted by atomic mass is 9.74. The van der Waals surface area contributed by atoms with Gasteiger partial charge in [-0.05, 0) is 37.5 Å². The Bertz CT molecular complexity index is 676. The van der Waals surface area contributed by atoms with Crippen molar-refractivity contribution in [3.63, 3.8) is 0 Å². The topological polar surface area (TPSA) is 47.6 Å². The molecule has 1 aliphatic rings. The Morgan fingerprint density at radius 3 is 2.44 bits per heavy atom. The van der Waals surface area contributed by atoms with Crippen molar-refractivity contribution in [3.05, 3.63) is 65.7 Å². The Labute approximate surface area is 149 Å². The molecule has 0 bridgehead atoms. The molecule has 0 unspecified atom stereocenters. The molecule has 1 saturated heterocycles. The first-order valence-corrected chi connectivity index (χ1v) is 8.77. The molecule has 1 aliphatic heterocycles. The highest BCUT2D eigenvalue weighted by atomic mass is 16.5. The van der Waals surface area contributed by atoms with Gasteiger partial charge < -0.3 is 14.8 Å². The zero-order valence-corrected chi connectivity index (χ0v) is 14.7. The highest BCUT2D eigenvalue weighted by Crippen LogP contribution is 2.34. The largest absolute Gasteiger partial charge is 0.484 e. The number of hydrogen-bond donors (Lipinski definition) is 1. The first kappa shape index (κ1) is 17.5. The molecule has 0 saturated carbocycles. The third-order valence-electron chi connectivity index (χ3n) is 4.85. The van der Waals surface area contributed by atoms with Gasteiger partial charge in [-0.2, -0.15) is 0 Å². The molecule has 1 fully saturated rings. The molecule has 0 aromatic heterocycles. The standard InChI is InChI=1S/C21H25NO3/c1-17-7-9-19(10-8-17)25-15-20(23)22-16-21(11-13-24-14-12-21)18-5-3-2-4-6-18/h2-10H,11-16H2,1H3,(H,22,23). The summed E-state index contributed by atoms with van der Waals surface area (Å²) in [7, 11) is 0. The molecular weight excluding hydrogens is 314 g/mol. The second-order valence-corrected chi connectivity index (χ2v) is 6.64. The van der Waals surface area contributed by atoms with Crippen LogP contribution in [0.2, 0.25) is 0 Å². The summed E-state index contributed by atoms with van der Waals surface area (Å²) >= 11 is 0. The predicted molar refractivity (Wildman–Crippen MR) is 97.9 cm³/mol. The number of carbonyl (C=O) groups is 1. The van der Waals surface area contributed by atoms with Gasteiger partial charge in [0.1, 0.15) is 5.75 Å². The molecule has 0 atom stereocenters. The number of nitrogens with one attached hydrogen (secondary N) is 1. The Morgan fingerprint density at radius 1 is 1.08 bits per heavy atom. The maximum absolute atomic E-state index is 12.2. The highest BCUT2D eigenvalue weighted by Gasteiger charge is 2.34. The van der Waals surface area contributed by atoms with Gasteiger partial charge in [-0.1, -0.05) is 48.0 Å². The van der Waals surface area contributed by atoms with Crippen molar-refractivity contribution >= 4 is 5.91 Å². The zero-order valence-electron chi connectivity index (χ0n) is 14.7. The van der Waals surface area contributed by atoms with Gasteiger partial charge in [0.15, 0.2) is 6.61 Å². The lowest BCUT2D eigenvalue weighted by Crippen LogP contribution is -2.45. The molecule has 1 heterocycles. The van der Waals surface area contributed by atoms with Crippen molar-refractivity contribution in [2.75, 3.05) is 26.4 Å². The van der Waals surface area contributed by atoms with Gasteiger partial charge in [-0.25, -0.2) is 0 Å². The number of rotatable bonds is 6. The van der Waals surface area contributed by atoms with Crippen LogP contribution < -0.4 is 10.1 Å². The van der Waals surface area contributed by atoms with Crippen LogP contribution in [0.1, 0.15) is 24.0 Å². The molecule has 132 valence electrons. The normalized spacial score (nSPS) is 16.2. The van der Waals surface area contributed by atoms with Crippen molar-refractivity contribution in [1.82, 2.24) is 5.32 Å². The van der Waals surface area contributed by atoms with Crippen LogP contribution in [0, 0.1) is 6.92 Å². The SMILES string of the molecule is Cc1ccc(OCC(=O)NCC2(c3ccccc3)CCOCC2)cc1. The summed E-state index contributed by atoms with van der Waals surface area (Å²) < 4.78 is 11.1. The van der Waals surface area contributed by atoms with E-state index in [0.717, 1.165) is 26.1 Å². The Balaban J connectivity index is 1.57. The number of hydrogen-bond acceptors (Lipinski definition) is 3. The molecule has 1 N–H and O–H groups in total. The van der Waals surface area contributed by atoms with Crippen LogP contribution in [0.25, 0.3) is 0 Å². The maximum Gasteiger partial charge on any atom is 0.257 e. The molecule has 2 aromatic carbocycles. The second kappa shape index (κ2) is 8.17. The molecule has 1 amide bonds. The summed E-state index contributed by atoms with van der Waals surface area (Å²) in [6.45, 7) is 4.11. The minimum absolute atomic E-state index is 0.0322. The van der Waals surface area contributed by atoms with Crippen molar-refractivity contribution < 1.29 is 14.3 Å². The smallest absolute Gasteiger partial charge is 0.257 e. The van der Waals surface area contributed by atoms with Gasteiger partial charge in [0.2, 0.25) is 0 Å². The van der Waals surface area contributed by atoms with Crippen molar-refractivity contribution in [2.45, 2.75) is 25.2 Å². The summed E-state index contributed by atoms with van der Waals surface area (Å²) in [6.07, 6.45) is 1.83. The van der Waals surface area contributed by atoms with Crippen molar-refractivity contribution in [3.8, 4) is 5.75 Å². The first-order valence-electron chi connectivity index (χ1n) is 8.77. The van der Waals surface area contributed by atoms with E-state index in [1.807, 2.05) is 37.3 Å². The van der Waals surface area contributed by atoms with Crippen LogP contribution >= 0.6 is 0 Å². The highest BCUT2D eigenvalue weighted by molar-refractivity contribution is 5.77. The number of ether oxygens (including phenoxy) is 2. The molecule has 3 rings (SSSR count). The van der Waals surface area contributed by atoms with Crippen molar-refractivity contribution in [1.29, 1.82) is 0 Å². The van der Waals surface area contributed by atoms with Gasteiger partial charge >= 0.3 is 0 Å². The van der Waals surface area contributed by atoms with E-state index in [4.69, 9.17) is 9.47 Å². The van der Waals surface area contributed by atoms with Crippen LogP contribution in [0.15, 0.2) is 54.6 Å². The van der Waals surface area contributed by atoms with E-state index in [2.05, 4.69) is 29.6 Å². The summed E-state index contributed by atoms with van der Waals surface area (Å²) in [5, 5.41) is 3.05. The summed E-state index contributed by atoms with van der Waals surface area (Å²) in [6, 6.07) is 18.1. The van der Waals surface area contributed by atoms with E-state index in [1.54, 1.807) is 0 Å². The maximum atomic E-state index is 12.2. The fraction of sp³-hybridized carbons (Fsp3) is 0.381. The average molecular weight is 339 g/mol. The van der Waals surface area contributed by atoms with E-state index in [-0.39, 0.29) is 17.9 Å². The predicted octanol–water partition coefficient (Wildman–Crippen LogP) is 3.24. The van der Waals surface area contributed by atoms with E-state index in [0.29, 0.717) is 12.3 Å². The summed E-state index contributed by atoms with van der Waals surface area (Å²) in [5.41, 5.74) is 2.37. The fourth-order valence-corrected chi connectivity index (χ4v) is 3.22. The monoisotopic (exact) mass is 339 g/mol. The quantitative estimate of drug-likeness (QED) is 0.879. The molecule has 0 aliphatic carbocycles. The third-order valence-corrected chi connectivity index (χ3v) is 4.85. The van der Waals surface area contributed by atoms with Crippen molar-refractivity contribution in [2.24, 2.45) is 0 Å². The Morgan fingerprint density at radius 2 is 1.76 bits per heavy atom. The van der Waals surface area contributed by atoms with Crippen LogP contribution in [-0.4, -0.2) is 32.3 Å². The lowest BCUT2D eigenvalue weighted by Gasteiger charge is -2.38. The summed E-state index contributed by atoms with van der Waals surface area (Å²) in [5.74, 6) is 0.618.